The fraction of sp³-hybridized carbons (Fsp3) is 0.611. The number of hydrogen-bond donors (Lipinski definition) is 1. The highest BCUT2D eigenvalue weighted by molar-refractivity contribution is 7.89. The minimum atomic E-state index is -3.59. The molecule has 0 bridgehead atoms. The fourth-order valence-corrected chi connectivity index (χ4v) is 4.69. The molecule has 2 aliphatic rings. The summed E-state index contributed by atoms with van der Waals surface area (Å²) in [6, 6.07) is 5.04. The van der Waals surface area contributed by atoms with Gasteiger partial charge in [0.25, 0.3) is 0 Å². The van der Waals surface area contributed by atoms with E-state index in [0.717, 1.165) is 25.3 Å². The summed E-state index contributed by atoms with van der Waals surface area (Å²) in [5.74, 6) is 0.309. The number of piperidine rings is 1. The second-order valence-corrected chi connectivity index (χ2v) is 8.94. The van der Waals surface area contributed by atoms with Gasteiger partial charge in [-0.15, -0.1) is 12.4 Å². The number of nitrogens with one attached hydrogen (secondary N) is 1. The summed E-state index contributed by atoms with van der Waals surface area (Å²) < 4.78 is 32.1. The Labute approximate surface area is 161 Å². The summed E-state index contributed by atoms with van der Waals surface area (Å²) in [5.41, 5.74) is 0.998. The van der Waals surface area contributed by atoms with Crippen molar-refractivity contribution in [2.75, 3.05) is 26.7 Å². The molecule has 1 aliphatic heterocycles. The molecule has 2 fully saturated rings. The lowest BCUT2D eigenvalue weighted by molar-refractivity contribution is 0.0599. The van der Waals surface area contributed by atoms with Crippen molar-refractivity contribution in [3.8, 4) is 0 Å². The van der Waals surface area contributed by atoms with Crippen LogP contribution in [0, 0.1) is 12.8 Å². The third-order valence-electron chi connectivity index (χ3n) is 5.10. The Morgan fingerprint density at radius 2 is 1.88 bits per heavy atom. The normalized spacial score (nSPS) is 19.0. The first-order valence-electron chi connectivity index (χ1n) is 8.84. The summed E-state index contributed by atoms with van der Waals surface area (Å²) in [6.45, 7) is 3.83. The van der Waals surface area contributed by atoms with Crippen LogP contribution in [-0.2, 0) is 14.8 Å². The molecule has 1 aromatic rings. The molecule has 0 aromatic heterocycles. The summed E-state index contributed by atoms with van der Waals surface area (Å²) in [5, 5.41) is 3.55. The molecule has 3 rings (SSSR count). The smallest absolute Gasteiger partial charge is 0.338 e. The molecule has 1 heterocycles. The fourth-order valence-electron chi connectivity index (χ4n) is 3.20. The van der Waals surface area contributed by atoms with Gasteiger partial charge in [0, 0.05) is 19.1 Å². The van der Waals surface area contributed by atoms with E-state index in [-0.39, 0.29) is 17.3 Å². The average Bonchev–Trinajstić information content (AvgIpc) is 3.44. The van der Waals surface area contributed by atoms with E-state index in [1.807, 2.05) is 0 Å². The van der Waals surface area contributed by atoms with Crippen molar-refractivity contribution in [3.63, 3.8) is 0 Å². The third kappa shape index (κ3) is 4.76. The molecule has 0 unspecified atom stereocenters. The topological polar surface area (TPSA) is 75.7 Å². The number of methoxy groups -OCH3 is 1. The number of carbonyl (C=O) groups excluding carboxylic acids is 1. The number of nitrogens with zero attached hydrogens (tertiary/aromatic N) is 1. The van der Waals surface area contributed by atoms with Crippen molar-refractivity contribution in [2.24, 2.45) is 5.92 Å². The minimum absolute atomic E-state index is 0. The number of hydrogen-bond acceptors (Lipinski definition) is 5. The van der Waals surface area contributed by atoms with Crippen LogP contribution in [0.5, 0.6) is 0 Å². The molecule has 1 aliphatic carbocycles. The Hall–Kier alpha value is -1.15. The molecule has 0 amide bonds. The number of esters is 1. The number of sulfonamides is 1. The van der Waals surface area contributed by atoms with Gasteiger partial charge in [-0.2, -0.15) is 4.31 Å². The molecule has 1 saturated carbocycles. The van der Waals surface area contributed by atoms with Gasteiger partial charge in [-0.05, 0) is 62.8 Å². The Kier molecular flexibility index (Phi) is 7.07. The summed E-state index contributed by atoms with van der Waals surface area (Å²) in [6.07, 6.45) is 4.27. The summed E-state index contributed by atoms with van der Waals surface area (Å²) in [7, 11) is -2.29. The Morgan fingerprint density at radius 1 is 1.23 bits per heavy atom. The van der Waals surface area contributed by atoms with Crippen LogP contribution in [0.25, 0.3) is 0 Å². The summed E-state index contributed by atoms with van der Waals surface area (Å²) >= 11 is 0. The van der Waals surface area contributed by atoms with Crippen LogP contribution in [-0.4, -0.2) is 51.5 Å². The third-order valence-corrected chi connectivity index (χ3v) is 6.99. The highest BCUT2D eigenvalue weighted by atomic mass is 35.5. The van der Waals surface area contributed by atoms with E-state index in [9.17, 15) is 13.2 Å². The Morgan fingerprint density at radius 3 is 2.46 bits per heavy atom. The van der Waals surface area contributed by atoms with Gasteiger partial charge in [0.15, 0.2) is 0 Å². The molecule has 0 spiro atoms. The van der Waals surface area contributed by atoms with Crippen molar-refractivity contribution >= 4 is 28.4 Å². The van der Waals surface area contributed by atoms with E-state index in [4.69, 9.17) is 4.74 Å². The SMILES string of the molecule is COC(=O)c1cc(S(=O)(=O)N2CCC(NCC3CC3)CC2)ccc1C.Cl. The standard InChI is InChI=1S/C18H26N2O4S.ClH/c1-13-3-6-16(11-17(13)18(21)24-2)25(22,23)20-9-7-15(8-10-20)19-12-14-4-5-14;/h3,6,11,14-15,19H,4-5,7-10,12H2,1-2H3;1H. The van der Waals surface area contributed by atoms with E-state index in [1.54, 1.807) is 19.1 Å². The van der Waals surface area contributed by atoms with Crippen LogP contribution in [0.2, 0.25) is 0 Å². The Bertz CT molecular complexity index is 742. The van der Waals surface area contributed by atoms with Crippen LogP contribution in [0.4, 0.5) is 0 Å². The monoisotopic (exact) mass is 402 g/mol. The Balaban J connectivity index is 0.00000243. The van der Waals surface area contributed by atoms with Gasteiger partial charge in [0.05, 0.1) is 17.6 Å². The van der Waals surface area contributed by atoms with Gasteiger partial charge < -0.3 is 10.1 Å². The van der Waals surface area contributed by atoms with Gasteiger partial charge in [0.1, 0.15) is 0 Å². The van der Waals surface area contributed by atoms with E-state index in [1.165, 1.54) is 30.3 Å². The first-order valence-corrected chi connectivity index (χ1v) is 10.3. The van der Waals surface area contributed by atoms with Gasteiger partial charge >= 0.3 is 5.97 Å². The molecule has 1 saturated heterocycles. The second kappa shape index (κ2) is 8.69. The van der Waals surface area contributed by atoms with Crippen LogP contribution in [0.15, 0.2) is 23.1 Å². The van der Waals surface area contributed by atoms with Crippen LogP contribution in [0.1, 0.15) is 41.6 Å². The average molecular weight is 403 g/mol. The summed E-state index contributed by atoms with van der Waals surface area (Å²) in [4.78, 5) is 12.0. The highest BCUT2D eigenvalue weighted by Crippen LogP contribution is 2.28. The maximum Gasteiger partial charge on any atom is 0.338 e. The van der Waals surface area contributed by atoms with E-state index in [0.29, 0.717) is 30.3 Å². The zero-order valence-electron chi connectivity index (χ0n) is 15.2. The number of rotatable bonds is 6. The minimum Gasteiger partial charge on any atom is -0.465 e. The molecule has 8 heteroatoms. The lowest BCUT2D eigenvalue weighted by atomic mass is 10.1. The lowest BCUT2D eigenvalue weighted by Gasteiger charge is -2.32. The number of halogens is 1. The van der Waals surface area contributed by atoms with Crippen LogP contribution in [0.3, 0.4) is 0 Å². The molecule has 146 valence electrons. The first kappa shape index (κ1) is 21.2. The second-order valence-electron chi connectivity index (χ2n) is 7.00. The van der Waals surface area contributed by atoms with Crippen molar-refractivity contribution in [1.82, 2.24) is 9.62 Å². The maximum absolute atomic E-state index is 12.9. The number of aryl methyl sites for hydroxylation is 1. The van der Waals surface area contributed by atoms with Gasteiger partial charge in [0.2, 0.25) is 10.0 Å². The maximum atomic E-state index is 12.9. The molecule has 6 nitrogen and oxygen atoms in total. The van der Waals surface area contributed by atoms with Gasteiger partial charge in [-0.25, -0.2) is 13.2 Å². The predicted octanol–water partition coefficient (Wildman–Crippen LogP) is 2.36. The van der Waals surface area contributed by atoms with E-state index < -0.39 is 16.0 Å². The molecular weight excluding hydrogens is 376 g/mol. The van der Waals surface area contributed by atoms with Crippen molar-refractivity contribution < 1.29 is 17.9 Å². The zero-order chi connectivity index (χ0) is 18.0. The van der Waals surface area contributed by atoms with Crippen LogP contribution >= 0.6 is 12.4 Å². The number of ether oxygens (including phenoxy) is 1. The molecule has 26 heavy (non-hydrogen) atoms. The number of carbonyl (C=O) groups is 1. The van der Waals surface area contributed by atoms with Crippen molar-refractivity contribution in [3.05, 3.63) is 29.3 Å². The molecular formula is C18H27ClN2O4S. The van der Waals surface area contributed by atoms with E-state index >= 15 is 0 Å². The number of benzene rings is 1. The highest BCUT2D eigenvalue weighted by Gasteiger charge is 2.31. The molecule has 0 radical (unpaired) electrons. The van der Waals surface area contributed by atoms with Gasteiger partial charge in [-0.1, -0.05) is 6.07 Å². The van der Waals surface area contributed by atoms with Crippen molar-refractivity contribution in [1.29, 1.82) is 0 Å². The van der Waals surface area contributed by atoms with Gasteiger partial charge in [-0.3, -0.25) is 0 Å². The zero-order valence-corrected chi connectivity index (χ0v) is 16.9. The largest absolute Gasteiger partial charge is 0.465 e. The van der Waals surface area contributed by atoms with Crippen LogP contribution < -0.4 is 5.32 Å². The lowest BCUT2D eigenvalue weighted by Crippen LogP contribution is -2.45. The molecule has 1 aromatic carbocycles. The van der Waals surface area contributed by atoms with E-state index in [2.05, 4.69) is 5.32 Å². The quantitative estimate of drug-likeness (QED) is 0.739. The predicted molar refractivity (Wildman–Crippen MR) is 102 cm³/mol. The molecule has 1 N–H and O–H groups in total. The van der Waals surface area contributed by atoms with Crippen molar-refractivity contribution in [2.45, 2.75) is 43.5 Å². The molecule has 0 atom stereocenters. The first-order chi connectivity index (χ1) is 11.9.